The minimum absolute atomic E-state index is 0.0658. The number of amides is 1. The molecule has 1 aromatic heterocycles. The van der Waals surface area contributed by atoms with Gasteiger partial charge in [-0.3, -0.25) is 9.89 Å². The average molecular weight is 313 g/mol. The van der Waals surface area contributed by atoms with Crippen LogP contribution in [0.4, 0.5) is 0 Å². The number of hydrogen-bond acceptors (Lipinski definition) is 3. The van der Waals surface area contributed by atoms with Gasteiger partial charge in [0.15, 0.2) is 0 Å². The van der Waals surface area contributed by atoms with Gasteiger partial charge in [0.25, 0.3) is 5.91 Å². The lowest BCUT2D eigenvalue weighted by molar-refractivity contribution is 0.0952. The van der Waals surface area contributed by atoms with Crippen LogP contribution in [0.3, 0.4) is 0 Å². The first-order valence-corrected chi connectivity index (χ1v) is 8.32. The Balaban J connectivity index is 1.66. The Morgan fingerprint density at radius 1 is 1.35 bits per heavy atom. The van der Waals surface area contributed by atoms with Crippen LogP contribution in [-0.2, 0) is 0 Å². The molecule has 1 aliphatic carbocycles. The predicted molar refractivity (Wildman–Crippen MR) is 89.5 cm³/mol. The van der Waals surface area contributed by atoms with Gasteiger partial charge in [-0.05, 0) is 49.4 Å². The summed E-state index contributed by atoms with van der Waals surface area (Å²) in [7, 11) is 0. The lowest BCUT2D eigenvalue weighted by Crippen LogP contribution is -2.25. The molecule has 1 aliphatic rings. The fraction of sp³-hybridized carbons (Fsp3) is 0.444. The van der Waals surface area contributed by atoms with Crippen LogP contribution in [0.1, 0.15) is 43.0 Å². The molecule has 1 amide bonds. The molecule has 0 saturated heterocycles. The Morgan fingerprint density at radius 3 is 2.83 bits per heavy atom. The van der Waals surface area contributed by atoms with E-state index in [2.05, 4.69) is 22.4 Å². The zero-order valence-electron chi connectivity index (χ0n) is 13.5. The molecule has 3 rings (SSSR count). The largest absolute Gasteiger partial charge is 0.494 e. The van der Waals surface area contributed by atoms with Gasteiger partial charge in [0.2, 0.25) is 0 Å². The molecule has 1 aromatic carbocycles. The van der Waals surface area contributed by atoms with Crippen LogP contribution < -0.4 is 10.1 Å². The predicted octanol–water partition coefficient (Wildman–Crippen LogP) is 3.40. The molecule has 0 bridgehead atoms. The standard InChI is InChI=1S/C18H23N3O2/c1-2-3-10-23-15-8-6-14(7-9-15)17-16(12-20-21-17)18(22)19-11-13-4-5-13/h6-9,12-13H,2-5,10-11H2,1H3,(H,19,22)(H,20,21). The molecular formula is C18H23N3O2. The van der Waals surface area contributed by atoms with Gasteiger partial charge >= 0.3 is 0 Å². The summed E-state index contributed by atoms with van der Waals surface area (Å²) in [6.07, 6.45) is 6.19. The van der Waals surface area contributed by atoms with Gasteiger partial charge in [-0.1, -0.05) is 13.3 Å². The van der Waals surface area contributed by atoms with Crippen LogP contribution in [0.25, 0.3) is 11.3 Å². The number of benzene rings is 1. The van der Waals surface area contributed by atoms with Crippen molar-refractivity contribution in [1.82, 2.24) is 15.5 Å². The Kier molecular flexibility index (Phi) is 4.95. The van der Waals surface area contributed by atoms with Crippen molar-refractivity contribution in [1.29, 1.82) is 0 Å². The van der Waals surface area contributed by atoms with Crippen molar-refractivity contribution in [3.63, 3.8) is 0 Å². The topological polar surface area (TPSA) is 67.0 Å². The monoisotopic (exact) mass is 313 g/mol. The van der Waals surface area contributed by atoms with Crippen molar-refractivity contribution in [3.05, 3.63) is 36.0 Å². The first kappa shape index (κ1) is 15.6. The summed E-state index contributed by atoms with van der Waals surface area (Å²) >= 11 is 0. The Morgan fingerprint density at radius 2 is 2.13 bits per heavy atom. The van der Waals surface area contributed by atoms with E-state index in [1.54, 1.807) is 6.20 Å². The molecule has 122 valence electrons. The number of unbranched alkanes of at least 4 members (excludes halogenated alkanes) is 1. The van der Waals surface area contributed by atoms with Gasteiger partial charge in [-0.25, -0.2) is 0 Å². The number of carbonyl (C=O) groups excluding carboxylic acids is 1. The molecule has 5 nitrogen and oxygen atoms in total. The van der Waals surface area contributed by atoms with Gasteiger partial charge in [-0.15, -0.1) is 0 Å². The number of nitrogens with zero attached hydrogens (tertiary/aromatic N) is 1. The molecule has 0 aliphatic heterocycles. The third kappa shape index (κ3) is 4.12. The molecule has 0 radical (unpaired) electrons. The van der Waals surface area contributed by atoms with E-state index in [1.807, 2.05) is 24.3 Å². The third-order valence-corrected chi connectivity index (χ3v) is 4.04. The fourth-order valence-electron chi connectivity index (χ4n) is 2.38. The lowest BCUT2D eigenvalue weighted by atomic mass is 10.1. The smallest absolute Gasteiger partial charge is 0.255 e. The van der Waals surface area contributed by atoms with Gasteiger partial charge < -0.3 is 10.1 Å². The molecule has 1 fully saturated rings. The second kappa shape index (κ2) is 7.31. The van der Waals surface area contributed by atoms with Crippen LogP contribution in [-0.4, -0.2) is 29.3 Å². The van der Waals surface area contributed by atoms with E-state index in [4.69, 9.17) is 4.74 Å². The Hall–Kier alpha value is -2.30. The van der Waals surface area contributed by atoms with Crippen LogP contribution >= 0.6 is 0 Å². The summed E-state index contributed by atoms with van der Waals surface area (Å²) in [5.74, 6) is 1.44. The van der Waals surface area contributed by atoms with E-state index in [9.17, 15) is 4.79 Å². The second-order valence-electron chi connectivity index (χ2n) is 6.04. The summed E-state index contributed by atoms with van der Waals surface area (Å²) in [5, 5.41) is 9.93. The van der Waals surface area contributed by atoms with Crippen LogP contribution in [0.15, 0.2) is 30.5 Å². The average Bonchev–Trinajstić information content (AvgIpc) is 3.28. The van der Waals surface area contributed by atoms with Crippen LogP contribution in [0, 0.1) is 5.92 Å². The molecule has 23 heavy (non-hydrogen) atoms. The quantitative estimate of drug-likeness (QED) is 0.734. The number of carbonyl (C=O) groups is 1. The molecule has 1 heterocycles. The first-order chi connectivity index (χ1) is 11.3. The number of ether oxygens (including phenoxy) is 1. The fourth-order valence-corrected chi connectivity index (χ4v) is 2.38. The highest BCUT2D eigenvalue weighted by molar-refractivity contribution is 5.99. The number of hydrogen-bond donors (Lipinski definition) is 2. The van der Waals surface area contributed by atoms with E-state index in [0.717, 1.165) is 43.0 Å². The number of rotatable bonds is 8. The molecule has 0 atom stereocenters. The molecule has 5 heteroatoms. The van der Waals surface area contributed by atoms with E-state index in [0.29, 0.717) is 11.5 Å². The van der Waals surface area contributed by atoms with E-state index >= 15 is 0 Å². The van der Waals surface area contributed by atoms with Crippen molar-refractivity contribution in [2.24, 2.45) is 5.92 Å². The molecule has 1 saturated carbocycles. The van der Waals surface area contributed by atoms with Gasteiger partial charge in [0, 0.05) is 12.1 Å². The van der Waals surface area contributed by atoms with E-state index < -0.39 is 0 Å². The van der Waals surface area contributed by atoms with Crippen LogP contribution in [0.5, 0.6) is 5.75 Å². The molecule has 0 spiro atoms. The molecular weight excluding hydrogens is 290 g/mol. The van der Waals surface area contributed by atoms with E-state index in [1.165, 1.54) is 12.8 Å². The number of aromatic nitrogens is 2. The SMILES string of the molecule is CCCCOc1ccc(-c2[nH]ncc2C(=O)NCC2CC2)cc1. The Bertz CT molecular complexity index is 645. The maximum atomic E-state index is 12.3. The van der Waals surface area contributed by atoms with Crippen molar-refractivity contribution in [2.45, 2.75) is 32.6 Å². The summed E-state index contributed by atoms with van der Waals surface area (Å²) in [6, 6.07) is 7.76. The highest BCUT2D eigenvalue weighted by Crippen LogP contribution is 2.28. The lowest BCUT2D eigenvalue weighted by Gasteiger charge is -2.07. The minimum Gasteiger partial charge on any atom is -0.494 e. The first-order valence-electron chi connectivity index (χ1n) is 8.32. The highest BCUT2D eigenvalue weighted by Gasteiger charge is 2.23. The minimum atomic E-state index is -0.0658. The van der Waals surface area contributed by atoms with Crippen molar-refractivity contribution in [3.8, 4) is 17.0 Å². The summed E-state index contributed by atoms with van der Waals surface area (Å²) in [6.45, 7) is 3.63. The zero-order valence-corrected chi connectivity index (χ0v) is 13.5. The Labute approximate surface area is 136 Å². The molecule has 0 unspecified atom stereocenters. The van der Waals surface area contributed by atoms with E-state index in [-0.39, 0.29) is 5.91 Å². The van der Waals surface area contributed by atoms with Crippen molar-refractivity contribution < 1.29 is 9.53 Å². The maximum absolute atomic E-state index is 12.3. The molecule has 2 aromatic rings. The highest BCUT2D eigenvalue weighted by atomic mass is 16.5. The summed E-state index contributed by atoms with van der Waals surface area (Å²) in [5.41, 5.74) is 2.27. The maximum Gasteiger partial charge on any atom is 0.255 e. The van der Waals surface area contributed by atoms with Crippen molar-refractivity contribution in [2.75, 3.05) is 13.2 Å². The third-order valence-electron chi connectivity index (χ3n) is 4.04. The number of nitrogens with one attached hydrogen (secondary N) is 2. The van der Waals surface area contributed by atoms with Gasteiger partial charge in [-0.2, -0.15) is 5.10 Å². The molecule has 2 N–H and O–H groups in total. The summed E-state index contributed by atoms with van der Waals surface area (Å²) in [4.78, 5) is 12.3. The van der Waals surface area contributed by atoms with Gasteiger partial charge in [0.1, 0.15) is 5.75 Å². The zero-order chi connectivity index (χ0) is 16.1. The number of aromatic amines is 1. The number of H-pyrrole nitrogens is 1. The normalized spacial score (nSPS) is 13.8. The second-order valence-corrected chi connectivity index (χ2v) is 6.04. The summed E-state index contributed by atoms with van der Waals surface area (Å²) < 4.78 is 5.66. The van der Waals surface area contributed by atoms with Gasteiger partial charge in [0.05, 0.1) is 24.1 Å². The van der Waals surface area contributed by atoms with Crippen LogP contribution in [0.2, 0.25) is 0 Å². The van der Waals surface area contributed by atoms with Crippen molar-refractivity contribution >= 4 is 5.91 Å².